The Morgan fingerprint density at radius 2 is 2.38 bits per heavy atom. The molecule has 0 amide bonds. The van der Waals surface area contributed by atoms with E-state index >= 15 is 0 Å². The van der Waals surface area contributed by atoms with Gasteiger partial charge in [-0.15, -0.1) is 0 Å². The molecule has 3 heterocycles. The molecule has 5 nitrogen and oxygen atoms in total. The lowest BCUT2D eigenvalue weighted by molar-refractivity contribution is -0.0158. The van der Waals surface area contributed by atoms with E-state index in [1.165, 1.54) is 5.56 Å². The fraction of sp³-hybridized carbons (Fsp3) is 0.467. The molecule has 2 aromatic heterocycles. The molecule has 0 bridgehead atoms. The highest BCUT2D eigenvalue weighted by molar-refractivity contribution is 7.07. The second-order valence-electron chi connectivity index (χ2n) is 5.20. The quantitative estimate of drug-likeness (QED) is 0.940. The average molecular weight is 304 g/mol. The summed E-state index contributed by atoms with van der Waals surface area (Å²) in [5.74, 6) is 1.70. The first-order valence-corrected chi connectivity index (χ1v) is 8.07. The normalized spacial score (nSPS) is 19.6. The number of rotatable bonds is 4. The molecular formula is C15H20N4OS. The third kappa shape index (κ3) is 3.40. The maximum atomic E-state index is 5.66. The molecule has 112 valence electrons. The number of nitrogens with zero attached hydrogens (tertiary/aromatic N) is 3. The van der Waals surface area contributed by atoms with E-state index < -0.39 is 0 Å². The zero-order chi connectivity index (χ0) is 14.7. The van der Waals surface area contributed by atoms with Crippen molar-refractivity contribution in [3.8, 4) is 0 Å². The van der Waals surface area contributed by atoms with Crippen molar-refractivity contribution < 1.29 is 4.74 Å². The van der Waals surface area contributed by atoms with Crippen molar-refractivity contribution in [2.24, 2.45) is 0 Å². The number of aromatic nitrogens is 2. The number of ether oxygens (including phenoxy) is 1. The summed E-state index contributed by atoms with van der Waals surface area (Å²) >= 11 is 1.73. The van der Waals surface area contributed by atoms with Gasteiger partial charge in [0.2, 0.25) is 0 Å². The van der Waals surface area contributed by atoms with E-state index in [-0.39, 0.29) is 6.04 Å². The zero-order valence-electron chi connectivity index (χ0n) is 12.4. The van der Waals surface area contributed by atoms with Crippen LogP contribution in [0.2, 0.25) is 0 Å². The van der Waals surface area contributed by atoms with E-state index in [1.54, 1.807) is 11.3 Å². The van der Waals surface area contributed by atoms with E-state index in [2.05, 4.69) is 37.0 Å². The van der Waals surface area contributed by atoms with E-state index in [0.29, 0.717) is 6.61 Å². The maximum absolute atomic E-state index is 5.66. The molecule has 1 N–H and O–H groups in total. The lowest BCUT2D eigenvalue weighted by atomic mass is 10.1. The third-order valence-electron chi connectivity index (χ3n) is 3.63. The third-order valence-corrected chi connectivity index (χ3v) is 4.36. The molecule has 0 saturated carbocycles. The Kier molecular flexibility index (Phi) is 4.48. The summed E-state index contributed by atoms with van der Waals surface area (Å²) in [6.45, 7) is 5.25. The van der Waals surface area contributed by atoms with Crippen LogP contribution in [0.15, 0.2) is 22.9 Å². The summed E-state index contributed by atoms with van der Waals surface area (Å²) < 4.78 is 5.66. The molecule has 3 rings (SSSR count). The van der Waals surface area contributed by atoms with Crippen LogP contribution in [0.25, 0.3) is 0 Å². The van der Waals surface area contributed by atoms with E-state index in [4.69, 9.17) is 4.74 Å². The van der Waals surface area contributed by atoms with Crippen molar-refractivity contribution >= 4 is 17.2 Å². The summed E-state index contributed by atoms with van der Waals surface area (Å²) in [6.07, 6.45) is 0. The van der Waals surface area contributed by atoms with Gasteiger partial charge in [-0.3, -0.25) is 4.90 Å². The number of anilines is 1. The Morgan fingerprint density at radius 1 is 1.48 bits per heavy atom. The van der Waals surface area contributed by atoms with Crippen LogP contribution in [0.1, 0.15) is 23.1 Å². The minimum absolute atomic E-state index is 0.116. The Morgan fingerprint density at radius 3 is 3.14 bits per heavy atom. The first-order chi connectivity index (χ1) is 10.3. The highest BCUT2D eigenvalue weighted by Gasteiger charge is 2.27. The molecule has 0 aliphatic carbocycles. The monoisotopic (exact) mass is 304 g/mol. The first kappa shape index (κ1) is 14.4. The molecule has 1 aliphatic heterocycles. The van der Waals surface area contributed by atoms with Gasteiger partial charge in [-0.05, 0) is 29.3 Å². The lowest BCUT2D eigenvalue weighted by Crippen LogP contribution is -2.39. The predicted octanol–water partition coefficient (Wildman–Crippen LogP) is 2.46. The number of thiophene rings is 1. The summed E-state index contributed by atoms with van der Waals surface area (Å²) in [4.78, 5) is 11.6. The van der Waals surface area contributed by atoms with Crippen LogP contribution >= 0.6 is 11.3 Å². The highest BCUT2D eigenvalue weighted by Crippen LogP contribution is 2.25. The Labute approximate surface area is 129 Å². The smallest absolute Gasteiger partial charge is 0.150 e. The molecular weight excluding hydrogens is 284 g/mol. The second kappa shape index (κ2) is 6.51. The van der Waals surface area contributed by atoms with Crippen molar-refractivity contribution in [3.63, 3.8) is 0 Å². The minimum atomic E-state index is 0.116. The number of hydrogen-bond acceptors (Lipinski definition) is 6. The van der Waals surface area contributed by atoms with Gasteiger partial charge in [-0.2, -0.15) is 11.3 Å². The number of hydrogen-bond donors (Lipinski definition) is 1. The largest absolute Gasteiger partial charge is 0.378 e. The van der Waals surface area contributed by atoms with Gasteiger partial charge in [0.05, 0.1) is 19.3 Å². The van der Waals surface area contributed by atoms with Crippen LogP contribution < -0.4 is 5.32 Å². The first-order valence-electron chi connectivity index (χ1n) is 7.12. The van der Waals surface area contributed by atoms with Crippen LogP contribution in [0, 0.1) is 6.92 Å². The lowest BCUT2D eigenvalue weighted by Gasteiger charge is -2.34. The highest BCUT2D eigenvalue weighted by atomic mass is 32.1. The van der Waals surface area contributed by atoms with Crippen LogP contribution in [-0.4, -0.2) is 41.7 Å². The van der Waals surface area contributed by atoms with Gasteiger partial charge in [0.25, 0.3) is 0 Å². The van der Waals surface area contributed by atoms with Crippen molar-refractivity contribution in [1.82, 2.24) is 14.9 Å². The fourth-order valence-corrected chi connectivity index (χ4v) is 3.21. The van der Waals surface area contributed by atoms with Gasteiger partial charge in [0.1, 0.15) is 11.6 Å². The fourth-order valence-electron chi connectivity index (χ4n) is 2.55. The predicted molar refractivity (Wildman–Crippen MR) is 84.6 cm³/mol. The van der Waals surface area contributed by atoms with Crippen molar-refractivity contribution in [2.75, 3.05) is 32.1 Å². The molecule has 1 fully saturated rings. The maximum Gasteiger partial charge on any atom is 0.150 e. The van der Waals surface area contributed by atoms with E-state index in [0.717, 1.165) is 37.0 Å². The molecule has 6 heteroatoms. The summed E-state index contributed by atoms with van der Waals surface area (Å²) in [5.41, 5.74) is 2.32. The molecule has 2 aromatic rings. The molecule has 1 atom stereocenters. The van der Waals surface area contributed by atoms with Gasteiger partial charge < -0.3 is 10.1 Å². The van der Waals surface area contributed by atoms with Gasteiger partial charge in [0.15, 0.2) is 0 Å². The Hall–Kier alpha value is -1.50. The van der Waals surface area contributed by atoms with E-state index in [9.17, 15) is 0 Å². The Balaban J connectivity index is 1.85. The standard InChI is InChI=1S/C15H20N4OS/c1-11-7-14(16-2)18-15(17-11)13-9-20-5-4-19(13)8-12-3-6-21-10-12/h3,6-7,10,13H,4-5,8-9H2,1-2H3,(H,16,17,18)/t13-/m0/s1. The van der Waals surface area contributed by atoms with Crippen molar-refractivity contribution in [2.45, 2.75) is 19.5 Å². The Bertz CT molecular complexity index is 587. The SMILES string of the molecule is CNc1cc(C)nc([C@@H]2COCCN2Cc2ccsc2)n1. The summed E-state index contributed by atoms with van der Waals surface area (Å²) in [5, 5.41) is 7.41. The zero-order valence-corrected chi connectivity index (χ0v) is 13.2. The summed E-state index contributed by atoms with van der Waals surface area (Å²) in [7, 11) is 1.88. The molecule has 1 saturated heterocycles. The van der Waals surface area contributed by atoms with Gasteiger partial charge in [-0.25, -0.2) is 9.97 Å². The topological polar surface area (TPSA) is 50.3 Å². The van der Waals surface area contributed by atoms with Crippen LogP contribution in [0.4, 0.5) is 5.82 Å². The van der Waals surface area contributed by atoms with Crippen LogP contribution in [0.3, 0.4) is 0 Å². The molecule has 0 aromatic carbocycles. The van der Waals surface area contributed by atoms with Crippen LogP contribution in [-0.2, 0) is 11.3 Å². The molecule has 0 spiro atoms. The van der Waals surface area contributed by atoms with Crippen LogP contribution in [0.5, 0.6) is 0 Å². The molecule has 21 heavy (non-hydrogen) atoms. The average Bonchev–Trinajstić information content (AvgIpc) is 3.00. The molecule has 0 radical (unpaired) electrons. The molecule has 1 aliphatic rings. The summed E-state index contributed by atoms with van der Waals surface area (Å²) in [6, 6.07) is 4.25. The second-order valence-corrected chi connectivity index (χ2v) is 5.98. The van der Waals surface area contributed by atoms with Crippen molar-refractivity contribution in [3.05, 3.63) is 40.0 Å². The minimum Gasteiger partial charge on any atom is -0.378 e. The number of aryl methyl sites for hydroxylation is 1. The number of nitrogens with one attached hydrogen (secondary N) is 1. The van der Waals surface area contributed by atoms with Crippen molar-refractivity contribution in [1.29, 1.82) is 0 Å². The molecule has 0 unspecified atom stereocenters. The van der Waals surface area contributed by atoms with Gasteiger partial charge in [0, 0.05) is 31.9 Å². The number of morpholine rings is 1. The van der Waals surface area contributed by atoms with Gasteiger partial charge >= 0.3 is 0 Å². The van der Waals surface area contributed by atoms with E-state index in [1.807, 2.05) is 20.0 Å². The van der Waals surface area contributed by atoms with Gasteiger partial charge in [-0.1, -0.05) is 0 Å².